The molecule has 0 aliphatic carbocycles. The predicted molar refractivity (Wildman–Crippen MR) is 454 cm³/mol. The van der Waals surface area contributed by atoms with Gasteiger partial charge < -0.3 is 9.13 Å². The maximum Gasteiger partial charge on any atom is 0.417 e. The van der Waals surface area contributed by atoms with Crippen LogP contribution in [0.25, 0.3) is 203 Å². The highest BCUT2D eigenvalue weighted by atomic mass is 19.4. The Morgan fingerprint density at radius 3 is 0.720 bits per heavy atom. The minimum absolute atomic E-state index is 0.0176. The van der Waals surface area contributed by atoms with Gasteiger partial charge in [0.15, 0.2) is 69.9 Å². The molecule has 0 saturated carbocycles. The van der Waals surface area contributed by atoms with E-state index in [0.29, 0.717) is 113 Å². The molecule has 0 radical (unpaired) electrons. The van der Waals surface area contributed by atoms with Crippen LogP contribution in [0.5, 0.6) is 0 Å². The van der Waals surface area contributed by atoms with Gasteiger partial charge in [0.05, 0.1) is 50.6 Å². The number of aromatic nitrogens is 14. The molecular formula is C99H57F3N16. The number of benzene rings is 14. The van der Waals surface area contributed by atoms with E-state index in [1.807, 2.05) is 325 Å². The number of hydrogen-bond donors (Lipinski definition) is 0. The summed E-state index contributed by atoms with van der Waals surface area (Å²) in [5, 5.41) is 27.0. The zero-order chi connectivity index (χ0) is 79.4. The van der Waals surface area contributed by atoms with Crippen molar-refractivity contribution in [1.82, 2.24) is 68.9 Å². The van der Waals surface area contributed by atoms with Crippen molar-refractivity contribution in [2.45, 2.75) is 6.18 Å². The van der Waals surface area contributed by atoms with Crippen LogP contribution in [-0.4, -0.2) is 68.9 Å². The van der Waals surface area contributed by atoms with E-state index in [9.17, 15) is 10.5 Å². The van der Waals surface area contributed by atoms with E-state index in [4.69, 9.17) is 59.8 Å². The molecule has 554 valence electrons. The lowest BCUT2D eigenvalue weighted by atomic mass is 9.90. The first-order valence-corrected chi connectivity index (χ1v) is 37.9. The minimum Gasteiger partial charge on any atom is -0.308 e. The molecular weight excluding hydrogens is 1470 g/mol. The second kappa shape index (κ2) is 29.5. The molecule has 19 heteroatoms. The van der Waals surface area contributed by atoms with E-state index in [-0.39, 0.29) is 39.7 Å². The fourth-order valence-corrected chi connectivity index (χ4v) is 15.3. The van der Waals surface area contributed by atoms with Crippen LogP contribution < -0.4 is 0 Å². The van der Waals surface area contributed by atoms with Crippen LogP contribution in [0.15, 0.2) is 346 Å². The monoisotopic (exact) mass is 1530 g/mol. The minimum atomic E-state index is -5.05. The van der Waals surface area contributed by atoms with Crippen molar-refractivity contribution in [3.63, 3.8) is 0 Å². The van der Waals surface area contributed by atoms with Gasteiger partial charge in [-0.25, -0.2) is 59.8 Å². The normalized spacial score (nSPS) is 11.5. The van der Waals surface area contributed by atoms with Crippen molar-refractivity contribution >= 4 is 43.6 Å². The van der Waals surface area contributed by atoms with E-state index in [1.165, 1.54) is 12.1 Å². The van der Waals surface area contributed by atoms with Crippen molar-refractivity contribution in [3.05, 3.63) is 362 Å². The Morgan fingerprint density at radius 2 is 0.483 bits per heavy atom. The molecule has 0 aliphatic heterocycles. The Labute approximate surface area is 672 Å². The fraction of sp³-hybridized carbons (Fsp3) is 0.0101. The van der Waals surface area contributed by atoms with Crippen LogP contribution in [0.2, 0.25) is 0 Å². The van der Waals surface area contributed by atoms with E-state index >= 15 is 13.2 Å². The number of hydrogen-bond acceptors (Lipinski definition) is 14. The molecule has 0 aliphatic rings. The Morgan fingerprint density at radius 1 is 0.237 bits per heavy atom. The Hall–Kier alpha value is -16.5. The topological polar surface area (TPSA) is 212 Å². The van der Waals surface area contributed by atoms with Gasteiger partial charge in [-0.3, -0.25) is 0 Å². The number of nitrogens with zero attached hydrogens (tertiary/aromatic N) is 16. The number of alkyl halides is 3. The fourth-order valence-electron chi connectivity index (χ4n) is 15.3. The first-order chi connectivity index (χ1) is 58.0. The molecule has 14 aromatic carbocycles. The molecule has 0 spiro atoms. The van der Waals surface area contributed by atoms with Crippen molar-refractivity contribution in [1.29, 1.82) is 10.5 Å². The van der Waals surface area contributed by atoms with E-state index in [0.717, 1.165) is 61.3 Å². The van der Waals surface area contributed by atoms with Crippen LogP contribution in [0.3, 0.4) is 0 Å². The van der Waals surface area contributed by atoms with Crippen LogP contribution in [0, 0.1) is 22.7 Å². The molecule has 6 aromatic heterocycles. The Balaban J connectivity index is 0.919. The highest BCUT2D eigenvalue weighted by molar-refractivity contribution is 6.14. The predicted octanol–water partition coefficient (Wildman–Crippen LogP) is 23.1. The van der Waals surface area contributed by atoms with E-state index < -0.39 is 17.3 Å². The average Bonchev–Trinajstić information content (AvgIpc) is 1.53. The summed E-state index contributed by atoms with van der Waals surface area (Å²) in [6.45, 7) is 0. The average molecular weight is 1530 g/mol. The number of halogens is 3. The summed E-state index contributed by atoms with van der Waals surface area (Å²) in [5.41, 5.74) is 8.07. The Bertz CT molecular complexity index is 6810. The number of rotatable bonds is 15. The third-order valence-corrected chi connectivity index (χ3v) is 20.9. The second-order valence-electron chi connectivity index (χ2n) is 28.1. The summed E-state index contributed by atoms with van der Waals surface area (Å²) in [7, 11) is 0. The summed E-state index contributed by atoms with van der Waals surface area (Å²) < 4.78 is 53.4. The molecule has 20 aromatic rings. The van der Waals surface area contributed by atoms with Gasteiger partial charge in [0.25, 0.3) is 0 Å². The number of fused-ring (bicyclic) bond motifs is 6. The van der Waals surface area contributed by atoms with Crippen LogP contribution in [0.4, 0.5) is 13.2 Å². The molecule has 118 heavy (non-hydrogen) atoms. The summed E-state index contributed by atoms with van der Waals surface area (Å²) in [6.07, 6.45) is -5.05. The molecule has 6 heterocycles. The summed E-state index contributed by atoms with van der Waals surface area (Å²) in [5.74, 6) is 4.43. The van der Waals surface area contributed by atoms with Gasteiger partial charge in [-0.1, -0.05) is 303 Å². The van der Waals surface area contributed by atoms with E-state index in [1.54, 1.807) is 12.1 Å². The van der Waals surface area contributed by atoms with Gasteiger partial charge in [-0.2, -0.15) is 23.7 Å². The summed E-state index contributed by atoms with van der Waals surface area (Å²) in [4.78, 5) is 61.7. The first-order valence-electron chi connectivity index (χ1n) is 37.9. The molecule has 16 nitrogen and oxygen atoms in total. The second-order valence-corrected chi connectivity index (χ2v) is 28.1. The molecule has 20 rings (SSSR count). The molecule has 0 saturated heterocycles. The largest absolute Gasteiger partial charge is 0.417 e. The van der Waals surface area contributed by atoms with Crippen LogP contribution >= 0.6 is 0 Å². The third kappa shape index (κ3) is 13.0. The van der Waals surface area contributed by atoms with Crippen LogP contribution in [0.1, 0.15) is 16.7 Å². The molecule has 0 fully saturated rings. The van der Waals surface area contributed by atoms with Gasteiger partial charge >= 0.3 is 6.18 Å². The molecule has 0 unspecified atom stereocenters. The smallest absolute Gasteiger partial charge is 0.308 e. The number of nitriles is 2. The molecule has 0 N–H and O–H groups in total. The van der Waals surface area contributed by atoms with Crippen molar-refractivity contribution in [2.24, 2.45) is 0 Å². The van der Waals surface area contributed by atoms with Crippen molar-refractivity contribution in [2.75, 3.05) is 0 Å². The van der Waals surface area contributed by atoms with Gasteiger partial charge in [0, 0.05) is 99.4 Å². The molecule has 0 atom stereocenters. The Kier molecular flexibility index (Phi) is 17.7. The van der Waals surface area contributed by atoms with Gasteiger partial charge in [0.1, 0.15) is 11.6 Å². The zero-order valence-electron chi connectivity index (χ0n) is 62.2. The van der Waals surface area contributed by atoms with Gasteiger partial charge in [-0.15, -0.1) is 0 Å². The van der Waals surface area contributed by atoms with E-state index in [2.05, 4.69) is 12.1 Å². The molecule has 0 bridgehead atoms. The third-order valence-electron chi connectivity index (χ3n) is 20.9. The van der Waals surface area contributed by atoms with Crippen molar-refractivity contribution < 1.29 is 13.2 Å². The quantitative estimate of drug-likeness (QED) is 0.0934. The highest BCUT2D eigenvalue weighted by Crippen LogP contribution is 2.48. The lowest BCUT2D eigenvalue weighted by molar-refractivity contribution is -0.137. The first kappa shape index (κ1) is 70.6. The highest BCUT2D eigenvalue weighted by Gasteiger charge is 2.37. The summed E-state index contributed by atoms with van der Waals surface area (Å²) in [6, 6.07) is 112. The summed E-state index contributed by atoms with van der Waals surface area (Å²) >= 11 is 0. The lowest BCUT2D eigenvalue weighted by Gasteiger charge is -2.22. The van der Waals surface area contributed by atoms with Gasteiger partial charge in [-0.05, 0) is 42.5 Å². The zero-order valence-corrected chi connectivity index (χ0v) is 62.2. The van der Waals surface area contributed by atoms with Crippen molar-refractivity contribution in [3.8, 4) is 171 Å². The lowest BCUT2D eigenvalue weighted by Crippen LogP contribution is -2.12. The SMILES string of the molecule is N#Cc1cccc(C(F)(F)F)c1-c1ccc(-n2c3cc(-c4nc(-c5ccccc5)nc(-c5ccccc5)n4)ccc3c3ccc(-c4nc(-c5ccccc5)nc(-c5ccccc5)n4)cc32)c(C#N)c1-n1c2cc(-c3nc(-c4ccccc4)nc(-c4ccccc4)n3)ccc2c2ccc(-c3nc(-c4ccccc4)nc(-c4ccccc4)n3)cc21. The maximum atomic E-state index is 16.6. The van der Waals surface area contributed by atoms with Crippen LogP contribution in [-0.2, 0) is 6.18 Å². The van der Waals surface area contributed by atoms with Gasteiger partial charge in [0.2, 0.25) is 0 Å². The standard InChI is InChI=1S/C99H57F3N16/c100-99(101,102)79-43-25-42-72(58-103)85(79)77-52-53-80(117-81-54-68(95-109-87(60-26-9-1-10-27-60)105-88(110-95)61-28-11-2-12-29-61)44-48-73(81)74-49-45-69(55-82(74)117)96-111-89(62-30-13-3-14-31-62)106-90(112-96)63-32-15-4-16-33-63)78(59-104)86(77)118-83-56-70(97-113-91(64-34-17-5-18-35-64)107-92(114-97)65-36-19-6-20-37-65)46-50-75(83)76-51-47-71(57-84(76)118)98-115-93(66-38-21-7-22-39-66)108-94(116-98)67-40-23-8-24-41-67/h1-57H. The maximum absolute atomic E-state index is 16.6. The molecule has 0 amide bonds.